The highest BCUT2D eigenvalue weighted by atomic mass is 16.5. The predicted octanol–water partition coefficient (Wildman–Crippen LogP) is 4.57. The summed E-state index contributed by atoms with van der Waals surface area (Å²) in [6, 6.07) is 15.5. The van der Waals surface area contributed by atoms with Crippen molar-refractivity contribution in [3.05, 3.63) is 72.3 Å². The Balaban J connectivity index is 1.39. The molecular formula is C28H32N2O5. The van der Waals surface area contributed by atoms with E-state index in [0.29, 0.717) is 38.8 Å². The Morgan fingerprint density at radius 1 is 1.11 bits per heavy atom. The van der Waals surface area contributed by atoms with E-state index in [0.717, 1.165) is 22.3 Å². The molecule has 2 aromatic carbocycles. The SMILES string of the molecule is C=CCCC(NC(=O)OCC1c2ccccc2-c2ccccc21)C(=O)N1CCC(C)(C(=O)O)CC1. The molecule has 1 saturated heterocycles. The van der Waals surface area contributed by atoms with Gasteiger partial charge in [0.2, 0.25) is 5.91 Å². The third-order valence-corrected chi connectivity index (χ3v) is 7.29. The van der Waals surface area contributed by atoms with E-state index in [1.807, 2.05) is 24.3 Å². The zero-order valence-electron chi connectivity index (χ0n) is 20.0. The summed E-state index contributed by atoms with van der Waals surface area (Å²) in [5.74, 6) is -1.12. The van der Waals surface area contributed by atoms with Gasteiger partial charge in [-0.2, -0.15) is 0 Å². The van der Waals surface area contributed by atoms with E-state index < -0.39 is 23.5 Å². The van der Waals surface area contributed by atoms with Gasteiger partial charge >= 0.3 is 12.1 Å². The van der Waals surface area contributed by atoms with Crippen LogP contribution in [-0.4, -0.2) is 53.7 Å². The van der Waals surface area contributed by atoms with Gasteiger partial charge in [0.25, 0.3) is 0 Å². The Hall–Kier alpha value is -3.61. The highest BCUT2D eigenvalue weighted by molar-refractivity contribution is 5.86. The quantitative estimate of drug-likeness (QED) is 0.544. The van der Waals surface area contributed by atoms with Crippen molar-refractivity contribution >= 4 is 18.0 Å². The number of allylic oxidation sites excluding steroid dienone is 1. The number of aliphatic carboxylic acids is 1. The van der Waals surface area contributed by atoms with Crippen LogP contribution in [-0.2, 0) is 14.3 Å². The molecule has 0 aromatic heterocycles. The number of benzene rings is 2. The van der Waals surface area contributed by atoms with Crippen LogP contribution in [0.25, 0.3) is 11.1 Å². The molecule has 1 fully saturated rings. The summed E-state index contributed by atoms with van der Waals surface area (Å²) >= 11 is 0. The molecule has 0 spiro atoms. The maximum Gasteiger partial charge on any atom is 0.407 e. The lowest BCUT2D eigenvalue weighted by Crippen LogP contribution is -2.52. The number of carboxylic acids is 1. The molecular weight excluding hydrogens is 444 g/mol. The van der Waals surface area contributed by atoms with Crippen molar-refractivity contribution in [1.82, 2.24) is 10.2 Å². The molecule has 7 heteroatoms. The maximum absolute atomic E-state index is 13.2. The van der Waals surface area contributed by atoms with Crippen LogP contribution in [0.15, 0.2) is 61.2 Å². The number of carbonyl (C=O) groups is 3. The highest BCUT2D eigenvalue weighted by Gasteiger charge is 2.39. The van der Waals surface area contributed by atoms with Gasteiger partial charge in [0.15, 0.2) is 0 Å². The van der Waals surface area contributed by atoms with Crippen LogP contribution in [0, 0.1) is 5.41 Å². The van der Waals surface area contributed by atoms with Crippen molar-refractivity contribution in [3.63, 3.8) is 0 Å². The van der Waals surface area contributed by atoms with Crippen molar-refractivity contribution in [2.75, 3.05) is 19.7 Å². The number of likely N-dealkylation sites (tertiary alicyclic amines) is 1. The van der Waals surface area contributed by atoms with Crippen LogP contribution >= 0.6 is 0 Å². The molecule has 2 N–H and O–H groups in total. The number of carbonyl (C=O) groups excluding carboxylic acids is 2. The Morgan fingerprint density at radius 2 is 1.69 bits per heavy atom. The number of nitrogens with one attached hydrogen (secondary N) is 1. The summed E-state index contributed by atoms with van der Waals surface area (Å²) in [4.78, 5) is 39.1. The van der Waals surface area contributed by atoms with Gasteiger partial charge in [-0.05, 0) is 54.9 Å². The highest BCUT2D eigenvalue weighted by Crippen LogP contribution is 2.44. The van der Waals surface area contributed by atoms with Gasteiger partial charge in [0, 0.05) is 19.0 Å². The fourth-order valence-corrected chi connectivity index (χ4v) is 4.98. The van der Waals surface area contributed by atoms with Crippen LogP contribution in [0.2, 0.25) is 0 Å². The summed E-state index contributed by atoms with van der Waals surface area (Å²) in [6.45, 7) is 6.29. The zero-order chi connectivity index (χ0) is 25.0. The van der Waals surface area contributed by atoms with Crippen LogP contribution in [0.3, 0.4) is 0 Å². The minimum absolute atomic E-state index is 0.0636. The number of alkyl carbamates (subject to hydrolysis) is 1. The summed E-state index contributed by atoms with van der Waals surface area (Å²) < 4.78 is 5.63. The second-order valence-corrected chi connectivity index (χ2v) is 9.58. The summed E-state index contributed by atoms with van der Waals surface area (Å²) in [5.41, 5.74) is 3.71. The van der Waals surface area contributed by atoms with E-state index in [2.05, 4.69) is 36.2 Å². The lowest BCUT2D eigenvalue weighted by atomic mass is 9.80. The molecule has 1 aliphatic heterocycles. The number of fused-ring (bicyclic) bond motifs is 3. The fraction of sp³-hybridized carbons (Fsp3) is 0.393. The van der Waals surface area contributed by atoms with Gasteiger partial charge < -0.3 is 20.1 Å². The van der Waals surface area contributed by atoms with E-state index in [9.17, 15) is 19.5 Å². The summed E-state index contributed by atoms with van der Waals surface area (Å²) in [5, 5.41) is 12.2. The lowest BCUT2D eigenvalue weighted by Gasteiger charge is -2.38. The molecule has 184 valence electrons. The zero-order valence-corrected chi connectivity index (χ0v) is 20.0. The first-order chi connectivity index (χ1) is 16.8. The maximum atomic E-state index is 13.2. The van der Waals surface area contributed by atoms with Crippen molar-refractivity contribution < 1.29 is 24.2 Å². The Morgan fingerprint density at radius 3 is 2.23 bits per heavy atom. The van der Waals surface area contributed by atoms with Gasteiger partial charge in [-0.25, -0.2) is 4.79 Å². The molecule has 1 aliphatic carbocycles. The smallest absolute Gasteiger partial charge is 0.407 e. The Kier molecular flexibility index (Phi) is 7.24. The minimum Gasteiger partial charge on any atom is -0.481 e. The van der Waals surface area contributed by atoms with E-state index in [1.54, 1.807) is 17.9 Å². The number of carboxylic acid groups (broad SMARTS) is 1. The number of hydrogen-bond donors (Lipinski definition) is 2. The fourth-order valence-electron chi connectivity index (χ4n) is 4.98. The van der Waals surface area contributed by atoms with Crippen LogP contribution in [0.1, 0.15) is 49.7 Å². The van der Waals surface area contributed by atoms with E-state index in [1.165, 1.54) is 0 Å². The lowest BCUT2D eigenvalue weighted by molar-refractivity contribution is -0.153. The van der Waals surface area contributed by atoms with E-state index in [4.69, 9.17) is 4.74 Å². The number of rotatable bonds is 8. The average molecular weight is 477 g/mol. The van der Waals surface area contributed by atoms with Crippen LogP contribution < -0.4 is 5.32 Å². The summed E-state index contributed by atoms with van der Waals surface area (Å²) in [7, 11) is 0. The van der Waals surface area contributed by atoms with Crippen LogP contribution in [0.4, 0.5) is 4.79 Å². The van der Waals surface area contributed by atoms with Crippen molar-refractivity contribution in [1.29, 1.82) is 0 Å². The largest absolute Gasteiger partial charge is 0.481 e. The standard InChI is InChI=1S/C28H32N2O5/c1-3-4-13-24(25(31)30-16-14-28(2,15-17-30)26(32)33)29-27(34)35-18-23-21-11-7-5-9-19(21)20-10-6-8-12-22(20)23/h3,5-12,23-24H,1,4,13-18H2,2H3,(H,29,34)(H,32,33). The molecule has 1 unspecified atom stereocenters. The first-order valence-electron chi connectivity index (χ1n) is 12.1. The van der Waals surface area contributed by atoms with Crippen molar-refractivity contribution in [2.24, 2.45) is 5.41 Å². The number of piperidine rings is 1. The third kappa shape index (κ3) is 5.09. The molecule has 35 heavy (non-hydrogen) atoms. The molecule has 2 aromatic rings. The molecule has 0 radical (unpaired) electrons. The Bertz CT molecular complexity index is 1070. The molecule has 1 heterocycles. The van der Waals surface area contributed by atoms with Crippen molar-refractivity contribution in [2.45, 2.75) is 44.6 Å². The topological polar surface area (TPSA) is 95.9 Å². The molecule has 2 amide bonds. The molecule has 4 rings (SSSR count). The normalized spacial score (nSPS) is 17.1. The second kappa shape index (κ2) is 10.3. The molecule has 0 bridgehead atoms. The summed E-state index contributed by atoms with van der Waals surface area (Å²) in [6.07, 6.45) is 2.79. The van der Waals surface area contributed by atoms with E-state index >= 15 is 0 Å². The number of nitrogens with zero attached hydrogens (tertiary/aromatic N) is 1. The molecule has 0 saturated carbocycles. The molecule has 7 nitrogen and oxygen atoms in total. The van der Waals surface area contributed by atoms with Gasteiger partial charge in [0.1, 0.15) is 12.6 Å². The Labute approximate surface area is 205 Å². The first-order valence-corrected chi connectivity index (χ1v) is 12.1. The first kappa shape index (κ1) is 24.5. The van der Waals surface area contributed by atoms with Gasteiger partial charge in [-0.1, -0.05) is 54.6 Å². The van der Waals surface area contributed by atoms with Gasteiger partial charge in [0.05, 0.1) is 5.41 Å². The third-order valence-electron chi connectivity index (χ3n) is 7.29. The second-order valence-electron chi connectivity index (χ2n) is 9.58. The van der Waals surface area contributed by atoms with Crippen molar-refractivity contribution in [3.8, 4) is 11.1 Å². The molecule has 2 aliphatic rings. The van der Waals surface area contributed by atoms with Crippen LogP contribution in [0.5, 0.6) is 0 Å². The number of hydrogen-bond acceptors (Lipinski definition) is 4. The number of ether oxygens (including phenoxy) is 1. The minimum atomic E-state index is -0.843. The average Bonchev–Trinajstić information content (AvgIpc) is 3.19. The van der Waals surface area contributed by atoms with E-state index in [-0.39, 0.29) is 18.4 Å². The predicted molar refractivity (Wildman–Crippen MR) is 133 cm³/mol. The monoisotopic (exact) mass is 476 g/mol. The number of amides is 2. The molecule has 1 atom stereocenters. The van der Waals surface area contributed by atoms with Gasteiger partial charge in [-0.3, -0.25) is 9.59 Å². The van der Waals surface area contributed by atoms with Gasteiger partial charge in [-0.15, -0.1) is 6.58 Å².